The van der Waals surface area contributed by atoms with E-state index < -0.39 is 17.6 Å². The normalized spacial score (nSPS) is 11.9. The number of halogens is 3. The summed E-state index contributed by atoms with van der Waals surface area (Å²) in [4.78, 5) is 17.1. The lowest BCUT2D eigenvalue weighted by atomic mass is 10.1. The van der Waals surface area contributed by atoms with Crippen molar-refractivity contribution in [1.29, 1.82) is 0 Å². The van der Waals surface area contributed by atoms with Crippen LogP contribution >= 0.6 is 11.3 Å². The first-order chi connectivity index (χ1) is 12.7. The molecule has 144 valence electrons. The summed E-state index contributed by atoms with van der Waals surface area (Å²) in [7, 11) is 0. The summed E-state index contributed by atoms with van der Waals surface area (Å²) in [5.41, 5.74) is -0.266. The maximum Gasteiger partial charge on any atom is 0.416 e. The topological polar surface area (TPSA) is 55.6 Å². The second-order valence-electron chi connectivity index (χ2n) is 6.26. The second kappa shape index (κ2) is 7.59. The fourth-order valence-corrected chi connectivity index (χ4v) is 3.32. The molecule has 2 heterocycles. The van der Waals surface area contributed by atoms with Crippen LogP contribution in [0.4, 0.5) is 13.2 Å². The van der Waals surface area contributed by atoms with E-state index in [1.165, 1.54) is 23.5 Å². The fraction of sp³-hybridized carbons (Fsp3) is 0.333. The molecule has 1 amide bonds. The maximum absolute atomic E-state index is 13.3. The number of alkyl halides is 3. The Morgan fingerprint density at radius 2 is 2.15 bits per heavy atom. The van der Waals surface area contributed by atoms with Gasteiger partial charge in [-0.1, -0.05) is 6.07 Å². The van der Waals surface area contributed by atoms with Crippen molar-refractivity contribution in [1.82, 2.24) is 14.7 Å². The van der Waals surface area contributed by atoms with Gasteiger partial charge in [-0.2, -0.15) is 13.2 Å². The minimum Gasteiger partial charge on any atom is -0.491 e. The Morgan fingerprint density at radius 1 is 1.37 bits per heavy atom. The SMILES string of the molecule is CC(C)Oc1ccc(CNC(=O)Cc2cn3ccsc3n2)c(C(F)(F)F)c1. The number of imidazole rings is 1. The monoisotopic (exact) mass is 397 g/mol. The largest absolute Gasteiger partial charge is 0.491 e. The predicted molar refractivity (Wildman–Crippen MR) is 95.8 cm³/mol. The number of ether oxygens (including phenoxy) is 1. The standard InChI is InChI=1S/C18H18F3N3O2S/c1-11(2)26-14-4-3-12(15(8-14)18(19,20)21)9-22-16(25)7-13-10-24-5-6-27-17(24)23-13/h3-6,8,10-11H,7,9H2,1-2H3,(H,22,25). The molecule has 5 nitrogen and oxygen atoms in total. The smallest absolute Gasteiger partial charge is 0.416 e. The molecule has 1 aromatic carbocycles. The molecule has 0 saturated carbocycles. The number of hydrogen-bond acceptors (Lipinski definition) is 4. The van der Waals surface area contributed by atoms with Crippen LogP contribution in [0.25, 0.3) is 4.96 Å². The summed E-state index contributed by atoms with van der Waals surface area (Å²) < 4.78 is 47.1. The highest BCUT2D eigenvalue weighted by Crippen LogP contribution is 2.34. The van der Waals surface area contributed by atoms with Gasteiger partial charge in [-0.25, -0.2) is 4.98 Å². The van der Waals surface area contributed by atoms with Gasteiger partial charge in [0, 0.05) is 24.3 Å². The number of carbonyl (C=O) groups is 1. The van der Waals surface area contributed by atoms with Crippen LogP contribution in [0.1, 0.15) is 30.7 Å². The zero-order chi connectivity index (χ0) is 19.6. The van der Waals surface area contributed by atoms with E-state index in [2.05, 4.69) is 10.3 Å². The third-order valence-electron chi connectivity index (χ3n) is 3.72. The number of nitrogens with one attached hydrogen (secondary N) is 1. The molecule has 0 spiro atoms. The molecule has 0 radical (unpaired) electrons. The van der Waals surface area contributed by atoms with Gasteiger partial charge < -0.3 is 10.1 Å². The van der Waals surface area contributed by atoms with Crippen molar-refractivity contribution in [2.45, 2.75) is 39.1 Å². The van der Waals surface area contributed by atoms with Gasteiger partial charge in [0.25, 0.3) is 0 Å². The lowest BCUT2D eigenvalue weighted by Gasteiger charge is -2.16. The lowest BCUT2D eigenvalue weighted by Crippen LogP contribution is -2.26. The summed E-state index contributed by atoms with van der Waals surface area (Å²) in [5, 5.41) is 4.40. The van der Waals surface area contributed by atoms with E-state index in [0.29, 0.717) is 5.69 Å². The Hall–Kier alpha value is -2.55. The third kappa shape index (κ3) is 4.79. The van der Waals surface area contributed by atoms with Gasteiger partial charge in [0.15, 0.2) is 4.96 Å². The number of rotatable bonds is 6. The second-order valence-corrected chi connectivity index (χ2v) is 7.13. The highest BCUT2D eigenvalue weighted by Gasteiger charge is 2.34. The molecule has 0 fully saturated rings. The first kappa shape index (κ1) is 19.2. The molecule has 3 rings (SSSR count). The zero-order valence-corrected chi connectivity index (χ0v) is 15.5. The molecule has 9 heteroatoms. The van der Waals surface area contributed by atoms with Crippen LogP contribution in [0.15, 0.2) is 36.0 Å². The minimum atomic E-state index is -4.54. The van der Waals surface area contributed by atoms with Crippen LogP contribution in [0.3, 0.4) is 0 Å². The molecule has 0 atom stereocenters. The minimum absolute atomic E-state index is 0.00426. The van der Waals surface area contributed by atoms with Gasteiger partial charge in [0.2, 0.25) is 5.91 Å². The number of carbonyl (C=O) groups excluding carboxylic acids is 1. The maximum atomic E-state index is 13.3. The first-order valence-electron chi connectivity index (χ1n) is 8.27. The molecule has 0 unspecified atom stereocenters. The number of thiazole rings is 1. The first-order valence-corrected chi connectivity index (χ1v) is 9.15. The number of hydrogen-bond donors (Lipinski definition) is 1. The highest BCUT2D eigenvalue weighted by atomic mass is 32.1. The summed E-state index contributed by atoms with van der Waals surface area (Å²) in [6, 6.07) is 3.76. The number of aromatic nitrogens is 2. The molecule has 3 aromatic rings. The molecule has 0 aliphatic heterocycles. The van der Waals surface area contributed by atoms with Crippen LogP contribution < -0.4 is 10.1 Å². The number of benzene rings is 1. The van der Waals surface area contributed by atoms with Gasteiger partial charge in [-0.15, -0.1) is 11.3 Å². The Kier molecular flexibility index (Phi) is 5.41. The Morgan fingerprint density at radius 3 is 2.81 bits per heavy atom. The van der Waals surface area contributed by atoms with Crippen molar-refractivity contribution >= 4 is 22.2 Å². The molecular weight excluding hydrogens is 379 g/mol. The Bertz CT molecular complexity index is 918. The molecule has 0 saturated heterocycles. The summed E-state index contributed by atoms with van der Waals surface area (Å²) >= 11 is 1.44. The molecule has 27 heavy (non-hydrogen) atoms. The lowest BCUT2D eigenvalue weighted by molar-refractivity contribution is -0.138. The number of fused-ring (bicyclic) bond motifs is 1. The van der Waals surface area contributed by atoms with Crippen LogP contribution in [-0.2, 0) is 23.9 Å². The van der Waals surface area contributed by atoms with E-state index in [1.807, 2.05) is 11.6 Å². The average molecular weight is 397 g/mol. The van der Waals surface area contributed by atoms with Crippen molar-refractivity contribution in [2.24, 2.45) is 0 Å². The van der Waals surface area contributed by atoms with Crippen molar-refractivity contribution in [2.75, 3.05) is 0 Å². The molecular formula is C18H18F3N3O2S. The van der Waals surface area contributed by atoms with Crippen molar-refractivity contribution < 1.29 is 22.7 Å². The van der Waals surface area contributed by atoms with Gasteiger partial charge in [-0.05, 0) is 31.5 Å². The highest BCUT2D eigenvalue weighted by molar-refractivity contribution is 7.15. The molecule has 0 aliphatic carbocycles. The van der Waals surface area contributed by atoms with E-state index in [1.54, 1.807) is 24.4 Å². The van der Waals surface area contributed by atoms with Crippen molar-refractivity contribution in [3.05, 3.63) is 52.8 Å². The van der Waals surface area contributed by atoms with E-state index in [9.17, 15) is 18.0 Å². The van der Waals surface area contributed by atoms with Crippen molar-refractivity contribution in [3.8, 4) is 5.75 Å². The Labute approximate surface area is 157 Å². The van der Waals surface area contributed by atoms with Crippen LogP contribution in [0.5, 0.6) is 5.75 Å². The summed E-state index contributed by atoms with van der Waals surface area (Å²) in [6.07, 6.45) is -1.22. The molecule has 0 bridgehead atoms. The van der Waals surface area contributed by atoms with E-state index in [4.69, 9.17) is 4.74 Å². The summed E-state index contributed by atoms with van der Waals surface area (Å²) in [5.74, 6) is -0.248. The van der Waals surface area contributed by atoms with Gasteiger partial charge in [-0.3, -0.25) is 9.20 Å². The average Bonchev–Trinajstić information content (AvgIpc) is 3.13. The van der Waals surface area contributed by atoms with E-state index in [0.717, 1.165) is 11.0 Å². The van der Waals surface area contributed by atoms with Gasteiger partial charge >= 0.3 is 6.18 Å². The number of nitrogens with zero attached hydrogens (tertiary/aromatic N) is 2. The summed E-state index contributed by atoms with van der Waals surface area (Å²) in [6.45, 7) is 3.25. The van der Waals surface area contributed by atoms with Crippen molar-refractivity contribution in [3.63, 3.8) is 0 Å². The third-order valence-corrected chi connectivity index (χ3v) is 4.49. The van der Waals surface area contributed by atoms with Gasteiger partial charge in [0.1, 0.15) is 5.75 Å². The predicted octanol–water partition coefficient (Wildman–Crippen LogP) is 4.06. The molecule has 1 N–H and O–H groups in total. The molecule has 0 aliphatic rings. The van der Waals surface area contributed by atoms with Crippen LogP contribution in [0.2, 0.25) is 0 Å². The van der Waals surface area contributed by atoms with E-state index >= 15 is 0 Å². The van der Waals surface area contributed by atoms with Crippen LogP contribution in [0, 0.1) is 0 Å². The zero-order valence-electron chi connectivity index (χ0n) is 14.7. The Balaban J connectivity index is 1.68. The van der Waals surface area contributed by atoms with E-state index in [-0.39, 0.29) is 30.4 Å². The fourth-order valence-electron chi connectivity index (χ4n) is 2.60. The number of amides is 1. The molecule has 2 aromatic heterocycles. The van der Waals surface area contributed by atoms with Crippen LogP contribution in [-0.4, -0.2) is 21.4 Å². The van der Waals surface area contributed by atoms with Gasteiger partial charge in [0.05, 0.1) is 23.8 Å². The quantitative estimate of drug-likeness (QED) is 0.683.